The van der Waals surface area contributed by atoms with E-state index < -0.39 is 5.97 Å². The minimum absolute atomic E-state index is 0.0397. The molecule has 6 nitrogen and oxygen atoms in total. The van der Waals surface area contributed by atoms with Crippen molar-refractivity contribution in [1.82, 2.24) is 4.57 Å². The molecule has 0 fully saturated rings. The Balaban J connectivity index is 2.82. The van der Waals surface area contributed by atoms with Gasteiger partial charge in [0.25, 0.3) is 0 Å². The van der Waals surface area contributed by atoms with Gasteiger partial charge in [0.15, 0.2) is 11.4 Å². The zero-order valence-corrected chi connectivity index (χ0v) is 14.7. The van der Waals surface area contributed by atoms with Crippen LogP contribution in [0.3, 0.4) is 0 Å². The van der Waals surface area contributed by atoms with Gasteiger partial charge in [-0.3, -0.25) is 0 Å². The lowest BCUT2D eigenvalue weighted by atomic mass is 10.2. The fraction of sp³-hybridized carbons (Fsp3) is 0.200. The van der Waals surface area contributed by atoms with Crippen molar-refractivity contribution in [3.63, 3.8) is 0 Å². The average molecular weight is 399 g/mol. The van der Waals surface area contributed by atoms with E-state index in [0.717, 1.165) is 0 Å². The summed E-state index contributed by atoms with van der Waals surface area (Å²) >= 11 is 9.49. The van der Waals surface area contributed by atoms with Gasteiger partial charge in [-0.2, -0.15) is 5.26 Å². The number of anilines is 1. The van der Waals surface area contributed by atoms with Gasteiger partial charge in [-0.1, -0.05) is 11.6 Å². The lowest BCUT2D eigenvalue weighted by Gasteiger charge is -2.15. The van der Waals surface area contributed by atoms with E-state index in [1.165, 1.54) is 17.9 Å². The first kappa shape index (κ1) is 17.2. The number of hydrogen-bond acceptors (Lipinski definition) is 5. The Hall–Kier alpha value is -2.17. The van der Waals surface area contributed by atoms with Gasteiger partial charge in [-0.15, -0.1) is 0 Å². The highest BCUT2D eigenvalue weighted by Crippen LogP contribution is 2.37. The molecule has 1 heterocycles. The first-order valence-corrected chi connectivity index (χ1v) is 7.73. The lowest BCUT2D eigenvalue weighted by Crippen LogP contribution is -2.12. The summed E-state index contributed by atoms with van der Waals surface area (Å²) in [5.41, 5.74) is 6.61. The summed E-state index contributed by atoms with van der Waals surface area (Å²) in [5.74, 6) is -0.191. The molecule has 120 valence electrons. The molecule has 0 amide bonds. The number of halogens is 2. The molecule has 0 radical (unpaired) electrons. The quantitative estimate of drug-likeness (QED) is 0.796. The van der Waals surface area contributed by atoms with Crippen LogP contribution in [0.5, 0.6) is 5.75 Å². The summed E-state index contributed by atoms with van der Waals surface area (Å²) in [7, 11) is 1.24. The zero-order chi connectivity index (χ0) is 17.1. The Bertz CT molecular complexity index is 811. The molecule has 1 aromatic carbocycles. The van der Waals surface area contributed by atoms with Crippen LogP contribution in [0, 0.1) is 11.3 Å². The molecule has 0 saturated heterocycles. The first-order chi connectivity index (χ1) is 10.9. The normalized spacial score (nSPS) is 10.2. The third-order valence-corrected chi connectivity index (χ3v) is 3.89. The molecule has 2 aromatic rings. The van der Waals surface area contributed by atoms with Crippen molar-refractivity contribution in [2.75, 3.05) is 19.5 Å². The largest absolute Gasteiger partial charge is 0.490 e. The van der Waals surface area contributed by atoms with Crippen LogP contribution in [-0.2, 0) is 4.74 Å². The number of nitrogens with two attached hydrogens (primary N) is 1. The molecule has 0 unspecified atom stereocenters. The SMILES string of the molecule is CCOc1c(Br)cc(Cl)cc1-n1cc(C#N)c(N)c1C(=O)OC. The number of rotatable bonds is 4. The smallest absolute Gasteiger partial charge is 0.357 e. The van der Waals surface area contributed by atoms with E-state index in [0.29, 0.717) is 27.5 Å². The summed E-state index contributed by atoms with van der Waals surface area (Å²) in [6.07, 6.45) is 1.45. The van der Waals surface area contributed by atoms with E-state index in [2.05, 4.69) is 15.9 Å². The third kappa shape index (κ3) is 3.14. The number of nitrogen functional groups attached to an aromatic ring is 1. The predicted octanol–water partition coefficient (Wildman–Crippen LogP) is 3.53. The zero-order valence-electron chi connectivity index (χ0n) is 12.4. The maximum absolute atomic E-state index is 12.1. The van der Waals surface area contributed by atoms with Crippen molar-refractivity contribution in [3.05, 3.63) is 39.1 Å². The predicted molar refractivity (Wildman–Crippen MR) is 90.1 cm³/mol. The van der Waals surface area contributed by atoms with Crippen molar-refractivity contribution < 1.29 is 14.3 Å². The Kier molecular flexibility index (Phi) is 5.19. The van der Waals surface area contributed by atoms with Crippen molar-refractivity contribution in [2.45, 2.75) is 6.92 Å². The van der Waals surface area contributed by atoms with E-state index in [9.17, 15) is 10.1 Å². The van der Waals surface area contributed by atoms with Crippen LogP contribution >= 0.6 is 27.5 Å². The highest BCUT2D eigenvalue weighted by atomic mass is 79.9. The average Bonchev–Trinajstić information content (AvgIpc) is 2.85. The Morgan fingerprint density at radius 2 is 2.22 bits per heavy atom. The number of methoxy groups -OCH3 is 1. The molecule has 2 N–H and O–H groups in total. The molecule has 0 aliphatic heterocycles. The summed E-state index contributed by atoms with van der Waals surface area (Å²) in [6.45, 7) is 2.24. The van der Waals surface area contributed by atoms with Crippen molar-refractivity contribution in [3.8, 4) is 17.5 Å². The molecule has 23 heavy (non-hydrogen) atoms. The highest BCUT2D eigenvalue weighted by Gasteiger charge is 2.24. The van der Waals surface area contributed by atoms with Crippen LogP contribution in [0.4, 0.5) is 5.69 Å². The van der Waals surface area contributed by atoms with Gasteiger partial charge < -0.3 is 19.8 Å². The number of hydrogen-bond donors (Lipinski definition) is 1. The molecule has 0 spiro atoms. The van der Waals surface area contributed by atoms with Crippen LogP contribution in [0.1, 0.15) is 23.0 Å². The number of esters is 1. The monoisotopic (exact) mass is 397 g/mol. The van der Waals surface area contributed by atoms with Crippen molar-refractivity contribution >= 4 is 39.2 Å². The second-order valence-electron chi connectivity index (χ2n) is 4.45. The fourth-order valence-electron chi connectivity index (χ4n) is 2.12. The maximum Gasteiger partial charge on any atom is 0.357 e. The molecule has 1 aromatic heterocycles. The van der Waals surface area contributed by atoms with Gasteiger partial charge in [0.1, 0.15) is 6.07 Å². The second kappa shape index (κ2) is 6.94. The summed E-state index contributed by atoms with van der Waals surface area (Å²) in [6, 6.07) is 5.23. The van der Waals surface area contributed by atoms with Crippen LogP contribution in [0.15, 0.2) is 22.8 Å². The standard InChI is InChI=1S/C15H13BrClN3O3/c1-3-23-14-10(16)4-9(17)5-11(14)20-7-8(6-18)12(19)13(20)15(21)22-2/h4-5,7H,3,19H2,1-2H3. The van der Waals surface area contributed by atoms with Crippen LogP contribution < -0.4 is 10.5 Å². The molecule has 0 atom stereocenters. The number of carbonyl (C=O) groups is 1. The topological polar surface area (TPSA) is 90.3 Å². The molecule has 8 heteroatoms. The van der Waals surface area contributed by atoms with Gasteiger partial charge in [0, 0.05) is 11.2 Å². The van der Waals surface area contributed by atoms with Crippen LogP contribution in [0.25, 0.3) is 5.69 Å². The molecular formula is C15H13BrClN3O3. The van der Waals surface area contributed by atoms with Crippen LogP contribution in [-0.4, -0.2) is 24.3 Å². The Morgan fingerprint density at radius 1 is 1.52 bits per heavy atom. The Morgan fingerprint density at radius 3 is 2.78 bits per heavy atom. The van der Waals surface area contributed by atoms with E-state index >= 15 is 0 Å². The number of aromatic nitrogens is 1. The van der Waals surface area contributed by atoms with E-state index in [4.69, 9.17) is 26.8 Å². The summed E-state index contributed by atoms with van der Waals surface area (Å²) in [5, 5.41) is 9.61. The van der Waals surface area contributed by atoms with Crippen LogP contribution in [0.2, 0.25) is 5.02 Å². The molecule has 0 aliphatic carbocycles. The van der Waals surface area contributed by atoms with Gasteiger partial charge >= 0.3 is 5.97 Å². The summed E-state index contributed by atoms with van der Waals surface area (Å²) < 4.78 is 12.4. The maximum atomic E-state index is 12.1. The van der Waals surface area contributed by atoms with Gasteiger partial charge in [-0.25, -0.2) is 4.79 Å². The van der Waals surface area contributed by atoms with Gasteiger partial charge in [0.2, 0.25) is 0 Å². The fourth-order valence-corrected chi connectivity index (χ4v) is 3.03. The molecule has 0 bridgehead atoms. The highest BCUT2D eigenvalue weighted by molar-refractivity contribution is 9.10. The van der Waals surface area contributed by atoms with E-state index in [1.54, 1.807) is 12.1 Å². The Labute approximate surface area is 146 Å². The van der Waals surface area contributed by atoms with Gasteiger partial charge in [0.05, 0.1) is 35.1 Å². The van der Waals surface area contributed by atoms with Crippen molar-refractivity contribution in [2.24, 2.45) is 0 Å². The number of carbonyl (C=O) groups excluding carboxylic acids is 1. The molecular weight excluding hydrogens is 386 g/mol. The van der Waals surface area contributed by atoms with E-state index in [-0.39, 0.29) is 16.9 Å². The van der Waals surface area contributed by atoms with Gasteiger partial charge in [-0.05, 0) is 35.0 Å². The molecule has 0 saturated carbocycles. The van der Waals surface area contributed by atoms with Crippen molar-refractivity contribution in [1.29, 1.82) is 5.26 Å². The number of benzene rings is 1. The second-order valence-corrected chi connectivity index (χ2v) is 5.74. The molecule has 0 aliphatic rings. The number of nitrogens with zero attached hydrogens (tertiary/aromatic N) is 2. The summed E-state index contributed by atoms with van der Waals surface area (Å²) in [4.78, 5) is 12.1. The number of ether oxygens (including phenoxy) is 2. The first-order valence-electron chi connectivity index (χ1n) is 6.56. The molecule has 2 rings (SSSR count). The lowest BCUT2D eigenvalue weighted by molar-refractivity contribution is 0.0593. The third-order valence-electron chi connectivity index (χ3n) is 3.08. The number of nitriles is 1. The minimum atomic E-state index is -0.664. The van der Waals surface area contributed by atoms with E-state index in [1.807, 2.05) is 13.0 Å². The minimum Gasteiger partial charge on any atom is -0.490 e.